The third-order valence-electron chi connectivity index (χ3n) is 1.69. The maximum absolute atomic E-state index is 11.0. The number of nitrogen functional groups attached to an aromatic ring is 1. The van der Waals surface area contributed by atoms with E-state index in [0.717, 1.165) is 18.5 Å². The van der Waals surface area contributed by atoms with Crippen LogP contribution in [0.4, 0.5) is 5.13 Å². The highest BCUT2D eigenvalue weighted by atomic mass is 32.1. The third-order valence-corrected chi connectivity index (χ3v) is 2.41. The molecule has 2 N–H and O–H groups in total. The van der Waals surface area contributed by atoms with Gasteiger partial charge in [0.05, 0.1) is 12.3 Å². The van der Waals surface area contributed by atoms with E-state index in [1.807, 2.05) is 5.38 Å². The number of ether oxygens (including phenoxy) is 1. The summed E-state index contributed by atoms with van der Waals surface area (Å²) < 4.78 is 4.80. The molecule has 1 aromatic heterocycles. The highest BCUT2D eigenvalue weighted by Gasteiger charge is 2.03. The second kappa shape index (κ2) is 5.59. The highest BCUT2D eigenvalue weighted by Crippen LogP contribution is 2.13. The molecule has 14 heavy (non-hydrogen) atoms. The molecule has 1 rings (SSSR count). The molecule has 4 nitrogen and oxygen atoms in total. The summed E-state index contributed by atoms with van der Waals surface area (Å²) in [4.78, 5) is 15.1. The average molecular weight is 214 g/mol. The summed E-state index contributed by atoms with van der Waals surface area (Å²) in [5.74, 6) is -0.143. The molecule has 0 aliphatic rings. The first-order valence-corrected chi connectivity index (χ1v) is 5.46. The number of rotatable bonds is 5. The number of carbonyl (C=O) groups excluding carboxylic acids is 1. The van der Waals surface area contributed by atoms with Crippen LogP contribution in [0.2, 0.25) is 0 Å². The molecular weight excluding hydrogens is 200 g/mol. The topological polar surface area (TPSA) is 65.2 Å². The number of anilines is 1. The highest BCUT2D eigenvalue weighted by molar-refractivity contribution is 7.13. The van der Waals surface area contributed by atoms with Crippen LogP contribution in [0.1, 0.15) is 25.5 Å². The number of carbonyl (C=O) groups is 1. The van der Waals surface area contributed by atoms with Crippen LogP contribution in [0.15, 0.2) is 5.38 Å². The van der Waals surface area contributed by atoms with Gasteiger partial charge < -0.3 is 10.5 Å². The summed E-state index contributed by atoms with van der Waals surface area (Å²) in [6.07, 6.45) is 2.00. The second-order valence-electron chi connectivity index (χ2n) is 2.84. The number of aryl methyl sites for hydroxylation is 1. The van der Waals surface area contributed by atoms with Crippen molar-refractivity contribution >= 4 is 22.4 Å². The Morgan fingerprint density at radius 3 is 3.07 bits per heavy atom. The molecular formula is C9H14N2O2S. The third kappa shape index (κ3) is 3.74. The van der Waals surface area contributed by atoms with Crippen LogP contribution in [0.3, 0.4) is 0 Å². The quantitative estimate of drug-likeness (QED) is 0.756. The minimum Gasteiger partial charge on any atom is -0.466 e. The summed E-state index contributed by atoms with van der Waals surface area (Å²) in [7, 11) is 0. The van der Waals surface area contributed by atoms with Crippen molar-refractivity contribution < 1.29 is 9.53 Å². The van der Waals surface area contributed by atoms with Gasteiger partial charge in [0, 0.05) is 11.8 Å². The fraction of sp³-hybridized carbons (Fsp3) is 0.556. The minimum atomic E-state index is -0.143. The molecule has 0 unspecified atom stereocenters. The Morgan fingerprint density at radius 2 is 2.50 bits per heavy atom. The Bertz CT molecular complexity index is 299. The van der Waals surface area contributed by atoms with Crippen molar-refractivity contribution in [3.8, 4) is 0 Å². The first-order chi connectivity index (χ1) is 6.72. The lowest BCUT2D eigenvalue weighted by Gasteiger charge is -1.99. The average Bonchev–Trinajstić information content (AvgIpc) is 2.52. The molecule has 0 saturated carbocycles. The Hall–Kier alpha value is -1.10. The molecule has 0 fully saturated rings. The smallest absolute Gasteiger partial charge is 0.305 e. The van der Waals surface area contributed by atoms with Crippen molar-refractivity contribution in [1.29, 1.82) is 0 Å². The van der Waals surface area contributed by atoms with E-state index < -0.39 is 0 Å². The summed E-state index contributed by atoms with van der Waals surface area (Å²) in [6, 6.07) is 0. The van der Waals surface area contributed by atoms with E-state index in [0.29, 0.717) is 18.2 Å². The summed E-state index contributed by atoms with van der Waals surface area (Å²) in [5.41, 5.74) is 6.43. The summed E-state index contributed by atoms with van der Waals surface area (Å²) in [6.45, 7) is 2.25. The molecule has 0 radical (unpaired) electrons. The molecule has 0 amide bonds. The van der Waals surface area contributed by atoms with Gasteiger partial charge in [-0.1, -0.05) is 0 Å². The van der Waals surface area contributed by atoms with E-state index >= 15 is 0 Å². The zero-order valence-corrected chi connectivity index (χ0v) is 8.97. The maximum atomic E-state index is 11.0. The maximum Gasteiger partial charge on any atom is 0.305 e. The number of nitrogens with two attached hydrogens (primary N) is 1. The first-order valence-electron chi connectivity index (χ1n) is 4.58. The minimum absolute atomic E-state index is 0.143. The van der Waals surface area contributed by atoms with Crippen molar-refractivity contribution in [1.82, 2.24) is 4.98 Å². The van der Waals surface area contributed by atoms with Gasteiger partial charge in [0.1, 0.15) is 0 Å². The number of aromatic nitrogens is 1. The van der Waals surface area contributed by atoms with Gasteiger partial charge in [-0.25, -0.2) is 4.98 Å². The van der Waals surface area contributed by atoms with E-state index in [1.165, 1.54) is 11.3 Å². The molecule has 0 aromatic carbocycles. The Morgan fingerprint density at radius 1 is 1.71 bits per heavy atom. The fourth-order valence-corrected chi connectivity index (χ4v) is 1.68. The molecule has 0 atom stereocenters. The molecule has 78 valence electrons. The molecule has 0 aliphatic heterocycles. The number of nitrogens with zero attached hydrogens (tertiary/aromatic N) is 1. The zero-order chi connectivity index (χ0) is 10.4. The van der Waals surface area contributed by atoms with Gasteiger partial charge >= 0.3 is 5.97 Å². The molecule has 1 heterocycles. The van der Waals surface area contributed by atoms with E-state index in [9.17, 15) is 4.79 Å². The Balaban J connectivity index is 2.18. The van der Waals surface area contributed by atoms with Crippen LogP contribution < -0.4 is 5.73 Å². The first kappa shape index (κ1) is 11.0. The van der Waals surface area contributed by atoms with Crippen LogP contribution in [0.5, 0.6) is 0 Å². The molecule has 0 aliphatic carbocycles. The van der Waals surface area contributed by atoms with Crippen molar-refractivity contribution in [2.45, 2.75) is 26.2 Å². The van der Waals surface area contributed by atoms with Gasteiger partial charge in [0.25, 0.3) is 0 Å². The van der Waals surface area contributed by atoms with E-state index in [1.54, 1.807) is 6.92 Å². The number of esters is 1. The van der Waals surface area contributed by atoms with Gasteiger partial charge in [-0.3, -0.25) is 4.79 Å². The summed E-state index contributed by atoms with van der Waals surface area (Å²) >= 11 is 1.42. The van der Waals surface area contributed by atoms with E-state index in [2.05, 4.69) is 4.98 Å². The normalized spacial score (nSPS) is 10.1. The fourth-order valence-electron chi connectivity index (χ4n) is 1.08. The number of hydrogen-bond acceptors (Lipinski definition) is 5. The van der Waals surface area contributed by atoms with Gasteiger partial charge in [0.15, 0.2) is 5.13 Å². The van der Waals surface area contributed by atoms with Crippen molar-refractivity contribution in [2.75, 3.05) is 12.3 Å². The predicted molar refractivity (Wildman–Crippen MR) is 56.1 cm³/mol. The van der Waals surface area contributed by atoms with E-state index in [4.69, 9.17) is 10.5 Å². The zero-order valence-electron chi connectivity index (χ0n) is 8.16. The molecule has 0 bridgehead atoms. The van der Waals surface area contributed by atoms with Crippen LogP contribution in [-0.2, 0) is 16.0 Å². The Kier molecular flexibility index (Phi) is 4.39. The molecule has 0 saturated heterocycles. The molecule has 1 aromatic rings. The second-order valence-corrected chi connectivity index (χ2v) is 3.73. The van der Waals surface area contributed by atoms with Crippen LogP contribution in [0.25, 0.3) is 0 Å². The predicted octanol–water partition coefficient (Wildman–Crippen LogP) is 1.61. The lowest BCUT2D eigenvalue weighted by Crippen LogP contribution is -2.04. The van der Waals surface area contributed by atoms with Crippen molar-refractivity contribution in [3.05, 3.63) is 11.1 Å². The largest absolute Gasteiger partial charge is 0.466 e. The SMILES string of the molecule is CCOC(=O)CCCc1csc(N)n1. The van der Waals surface area contributed by atoms with Crippen LogP contribution in [-0.4, -0.2) is 17.6 Å². The number of hydrogen-bond donors (Lipinski definition) is 1. The van der Waals surface area contributed by atoms with Crippen molar-refractivity contribution in [3.63, 3.8) is 0 Å². The number of thiazole rings is 1. The van der Waals surface area contributed by atoms with Gasteiger partial charge in [-0.2, -0.15) is 0 Å². The van der Waals surface area contributed by atoms with E-state index in [-0.39, 0.29) is 5.97 Å². The standard InChI is InChI=1S/C9H14N2O2S/c1-2-13-8(12)5-3-4-7-6-14-9(10)11-7/h6H,2-5H2,1H3,(H2,10,11). The van der Waals surface area contributed by atoms with Crippen LogP contribution in [0, 0.1) is 0 Å². The van der Waals surface area contributed by atoms with Gasteiger partial charge in [-0.15, -0.1) is 11.3 Å². The molecule has 0 spiro atoms. The monoisotopic (exact) mass is 214 g/mol. The lowest BCUT2D eigenvalue weighted by molar-refractivity contribution is -0.143. The lowest BCUT2D eigenvalue weighted by atomic mass is 10.2. The summed E-state index contributed by atoms with van der Waals surface area (Å²) in [5, 5.41) is 2.50. The van der Waals surface area contributed by atoms with Gasteiger partial charge in [0.2, 0.25) is 0 Å². The van der Waals surface area contributed by atoms with Crippen LogP contribution >= 0.6 is 11.3 Å². The Labute approximate surface area is 87.1 Å². The molecule has 5 heteroatoms. The van der Waals surface area contributed by atoms with Crippen molar-refractivity contribution in [2.24, 2.45) is 0 Å². The van der Waals surface area contributed by atoms with Gasteiger partial charge in [-0.05, 0) is 19.8 Å².